The summed E-state index contributed by atoms with van der Waals surface area (Å²) in [5.74, 6) is -0.566. The van der Waals surface area contributed by atoms with Crippen molar-refractivity contribution in [1.29, 1.82) is 0 Å². The lowest BCUT2D eigenvalue weighted by Gasteiger charge is -2.23. The Bertz CT molecular complexity index is 846. The number of nitrogens with zero attached hydrogens (tertiary/aromatic N) is 1. The Kier molecular flexibility index (Phi) is 7.47. The molecule has 0 atom stereocenters. The highest BCUT2D eigenvalue weighted by Gasteiger charge is 2.26. The number of pyridine rings is 1. The van der Waals surface area contributed by atoms with Crippen LogP contribution in [0.5, 0.6) is 0 Å². The number of hydrogen-bond donors (Lipinski definition) is 3. The molecule has 1 aromatic heterocycles. The summed E-state index contributed by atoms with van der Waals surface area (Å²) >= 11 is 0. The summed E-state index contributed by atoms with van der Waals surface area (Å²) in [5, 5.41) is 2.86. The summed E-state index contributed by atoms with van der Waals surface area (Å²) in [6, 6.07) is 11.0. The van der Waals surface area contributed by atoms with Crippen LogP contribution < -0.4 is 16.2 Å². The molecular weight excluding hydrogens is 368 g/mol. The van der Waals surface area contributed by atoms with Crippen LogP contribution in [0.1, 0.15) is 62.4 Å². The van der Waals surface area contributed by atoms with Crippen LogP contribution in [0.2, 0.25) is 0 Å². The number of hydrazine groups is 1. The monoisotopic (exact) mass is 396 g/mol. The average molecular weight is 396 g/mol. The first kappa shape index (κ1) is 22.1. The van der Waals surface area contributed by atoms with Gasteiger partial charge in [-0.2, -0.15) is 0 Å². The van der Waals surface area contributed by atoms with Gasteiger partial charge < -0.3 is 5.32 Å². The standard InChI is InChI=1S/C22H28N4O3/c1-15(2)16-7-9-18(10-8-16)24-19(27)12-22(3,4)13-20(28)25-26-21(29)17-6-5-11-23-14-17/h5-11,14-15H,12-13H2,1-4H3,(H,24,27)(H,25,28)(H,26,29). The third-order valence-electron chi connectivity index (χ3n) is 4.38. The van der Waals surface area contributed by atoms with Crippen LogP contribution in [0.25, 0.3) is 0 Å². The third-order valence-corrected chi connectivity index (χ3v) is 4.38. The maximum Gasteiger partial charge on any atom is 0.271 e. The topological polar surface area (TPSA) is 100 Å². The summed E-state index contributed by atoms with van der Waals surface area (Å²) in [6.45, 7) is 7.88. The van der Waals surface area contributed by atoms with E-state index in [-0.39, 0.29) is 24.7 Å². The molecule has 0 spiro atoms. The van der Waals surface area contributed by atoms with Crippen LogP contribution in [-0.4, -0.2) is 22.7 Å². The fourth-order valence-corrected chi connectivity index (χ4v) is 2.83. The van der Waals surface area contributed by atoms with Crippen molar-refractivity contribution in [2.45, 2.75) is 46.5 Å². The van der Waals surface area contributed by atoms with Crippen LogP contribution in [0, 0.1) is 5.41 Å². The quantitative estimate of drug-likeness (QED) is 0.624. The van der Waals surface area contributed by atoms with Gasteiger partial charge in [0.25, 0.3) is 5.91 Å². The molecule has 0 radical (unpaired) electrons. The predicted octanol–water partition coefficient (Wildman–Crippen LogP) is 3.41. The number of benzene rings is 1. The molecule has 0 fully saturated rings. The SMILES string of the molecule is CC(C)c1ccc(NC(=O)CC(C)(C)CC(=O)NNC(=O)c2cccnc2)cc1. The molecule has 2 rings (SSSR count). The van der Waals surface area contributed by atoms with Crippen LogP contribution >= 0.6 is 0 Å². The second kappa shape index (κ2) is 9.82. The molecule has 1 aromatic carbocycles. The fraction of sp³-hybridized carbons (Fsp3) is 0.364. The number of amides is 3. The van der Waals surface area contributed by atoms with Gasteiger partial charge in [0.15, 0.2) is 0 Å². The predicted molar refractivity (Wildman–Crippen MR) is 112 cm³/mol. The van der Waals surface area contributed by atoms with Crippen LogP contribution in [0.4, 0.5) is 5.69 Å². The Hall–Kier alpha value is -3.22. The van der Waals surface area contributed by atoms with Gasteiger partial charge in [-0.1, -0.05) is 39.8 Å². The van der Waals surface area contributed by atoms with E-state index in [4.69, 9.17) is 0 Å². The van der Waals surface area contributed by atoms with Crippen molar-refractivity contribution in [3.8, 4) is 0 Å². The van der Waals surface area contributed by atoms with Crippen LogP contribution in [0.15, 0.2) is 48.8 Å². The van der Waals surface area contributed by atoms with Crippen molar-refractivity contribution in [2.75, 3.05) is 5.32 Å². The molecule has 3 amide bonds. The molecule has 0 unspecified atom stereocenters. The lowest BCUT2D eigenvalue weighted by molar-refractivity contribution is -0.124. The normalized spacial score (nSPS) is 11.1. The molecule has 2 aromatic rings. The van der Waals surface area contributed by atoms with Gasteiger partial charge in [0, 0.05) is 30.9 Å². The van der Waals surface area contributed by atoms with Gasteiger partial charge in [0.05, 0.1) is 5.56 Å². The van der Waals surface area contributed by atoms with Crippen molar-refractivity contribution in [1.82, 2.24) is 15.8 Å². The Morgan fingerprint density at radius 1 is 0.966 bits per heavy atom. The Morgan fingerprint density at radius 3 is 2.21 bits per heavy atom. The van der Waals surface area contributed by atoms with Crippen LogP contribution in [-0.2, 0) is 9.59 Å². The van der Waals surface area contributed by atoms with E-state index in [0.717, 1.165) is 5.69 Å². The van der Waals surface area contributed by atoms with Gasteiger partial charge in [-0.3, -0.25) is 30.2 Å². The number of rotatable bonds is 7. The molecule has 1 heterocycles. The highest BCUT2D eigenvalue weighted by molar-refractivity contribution is 5.95. The van der Waals surface area contributed by atoms with Gasteiger partial charge in [-0.15, -0.1) is 0 Å². The van der Waals surface area contributed by atoms with E-state index < -0.39 is 11.3 Å². The second-order valence-electron chi connectivity index (χ2n) is 8.09. The molecule has 0 bridgehead atoms. The average Bonchev–Trinajstić information content (AvgIpc) is 2.66. The van der Waals surface area contributed by atoms with Gasteiger partial charge >= 0.3 is 0 Å². The smallest absolute Gasteiger partial charge is 0.271 e. The van der Waals surface area contributed by atoms with Gasteiger partial charge in [0.2, 0.25) is 11.8 Å². The highest BCUT2D eigenvalue weighted by atomic mass is 16.2. The lowest BCUT2D eigenvalue weighted by Crippen LogP contribution is -2.43. The number of aromatic nitrogens is 1. The Balaban J connectivity index is 1.81. The summed E-state index contributed by atoms with van der Waals surface area (Å²) in [6.07, 6.45) is 3.22. The maximum absolute atomic E-state index is 12.4. The third kappa shape index (κ3) is 7.37. The maximum atomic E-state index is 12.4. The van der Waals surface area contributed by atoms with Crippen molar-refractivity contribution < 1.29 is 14.4 Å². The molecule has 0 aliphatic heterocycles. The Labute approximate surface area is 171 Å². The summed E-state index contributed by atoms with van der Waals surface area (Å²) in [7, 11) is 0. The molecule has 0 aliphatic carbocycles. The summed E-state index contributed by atoms with van der Waals surface area (Å²) < 4.78 is 0. The molecule has 7 nitrogen and oxygen atoms in total. The number of anilines is 1. The van der Waals surface area contributed by atoms with E-state index in [1.165, 1.54) is 11.8 Å². The van der Waals surface area contributed by atoms with Crippen LogP contribution in [0.3, 0.4) is 0 Å². The molecule has 0 aliphatic rings. The zero-order chi connectivity index (χ0) is 21.4. The first-order chi connectivity index (χ1) is 13.7. The highest BCUT2D eigenvalue weighted by Crippen LogP contribution is 2.26. The van der Waals surface area contributed by atoms with Crippen molar-refractivity contribution in [3.63, 3.8) is 0 Å². The molecule has 0 saturated carbocycles. The Morgan fingerprint density at radius 2 is 1.62 bits per heavy atom. The number of carbonyl (C=O) groups excluding carboxylic acids is 3. The van der Waals surface area contributed by atoms with E-state index in [2.05, 4.69) is 35.0 Å². The summed E-state index contributed by atoms with van der Waals surface area (Å²) in [4.78, 5) is 40.3. The molecule has 154 valence electrons. The van der Waals surface area contributed by atoms with E-state index >= 15 is 0 Å². The molecule has 3 N–H and O–H groups in total. The van der Waals surface area contributed by atoms with Gasteiger partial charge in [-0.05, 0) is 41.2 Å². The minimum absolute atomic E-state index is 0.0834. The van der Waals surface area contributed by atoms with Crippen molar-refractivity contribution in [3.05, 3.63) is 59.9 Å². The van der Waals surface area contributed by atoms with Gasteiger partial charge in [0.1, 0.15) is 0 Å². The number of carbonyl (C=O) groups is 3. The number of hydrogen-bond acceptors (Lipinski definition) is 4. The molecular formula is C22H28N4O3. The van der Waals surface area contributed by atoms with E-state index in [1.54, 1.807) is 18.3 Å². The molecule has 29 heavy (non-hydrogen) atoms. The zero-order valence-corrected chi connectivity index (χ0v) is 17.3. The largest absolute Gasteiger partial charge is 0.326 e. The fourth-order valence-electron chi connectivity index (χ4n) is 2.83. The first-order valence-corrected chi connectivity index (χ1v) is 9.55. The second-order valence-corrected chi connectivity index (χ2v) is 8.09. The number of nitrogens with one attached hydrogen (secondary N) is 3. The zero-order valence-electron chi connectivity index (χ0n) is 17.3. The van der Waals surface area contributed by atoms with Crippen molar-refractivity contribution >= 4 is 23.4 Å². The van der Waals surface area contributed by atoms with E-state index in [0.29, 0.717) is 11.5 Å². The molecule has 0 saturated heterocycles. The minimum atomic E-state index is -0.578. The van der Waals surface area contributed by atoms with E-state index in [9.17, 15) is 14.4 Å². The minimum Gasteiger partial charge on any atom is -0.326 e. The van der Waals surface area contributed by atoms with Gasteiger partial charge in [-0.25, -0.2) is 0 Å². The lowest BCUT2D eigenvalue weighted by atomic mass is 9.85. The first-order valence-electron chi connectivity index (χ1n) is 9.55. The van der Waals surface area contributed by atoms with Crippen molar-refractivity contribution in [2.24, 2.45) is 5.41 Å². The summed E-state index contributed by atoms with van der Waals surface area (Å²) in [5.41, 5.74) is 6.42. The molecule has 7 heteroatoms. The van der Waals surface area contributed by atoms with E-state index in [1.807, 2.05) is 38.1 Å².